The first-order valence-corrected chi connectivity index (χ1v) is 7.36. The van der Waals surface area contributed by atoms with E-state index >= 15 is 0 Å². The Morgan fingerprint density at radius 1 is 1.00 bits per heavy atom. The highest BCUT2D eigenvalue weighted by Gasteiger charge is 2.19. The maximum Gasteiger partial charge on any atom is 0.188 e. The number of methoxy groups -OCH3 is 1. The molecule has 0 radical (unpaired) electrons. The van der Waals surface area contributed by atoms with Crippen LogP contribution in [0, 0.1) is 0 Å². The van der Waals surface area contributed by atoms with Crippen LogP contribution >= 0.6 is 0 Å². The van der Waals surface area contributed by atoms with Crippen molar-refractivity contribution in [3.05, 3.63) is 0 Å². The summed E-state index contributed by atoms with van der Waals surface area (Å²) in [6.07, 6.45) is 0. The lowest BCUT2D eigenvalue weighted by atomic mass is 10.7. The molecule has 0 fully saturated rings. The minimum atomic E-state index is -1.40. The van der Waals surface area contributed by atoms with Crippen LogP contribution in [0.3, 0.4) is 0 Å². The normalized spacial score (nSPS) is 12.0. The molecule has 0 amide bonds. The molecule has 4 heteroatoms. The van der Waals surface area contributed by atoms with Crippen molar-refractivity contribution in [1.29, 1.82) is 0 Å². The van der Waals surface area contributed by atoms with Crippen molar-refractivity contribution in [2.45, 2.75) is 19.1 Å². The summed E-state index contributed by atoms with van der Waals surface area (Å²) in [7, 11) is 2.05. The van der Waals surface area contributed by atoms with Gasteiger partial charge in [-0.1, -0.05) is 0 Å². The van der Waals surface area contributed by atoms with E-state index in [1.165, 1.54) is 0 Å². The summed E-state index contributed by atoms with van der Waals surface area (Å²) in [5, 5.41) is 0. The zero-order valence-corrected chi connectivity index (χ0v) is 9.55. The summed E-state index contributed by atoms with van der Waals surface area (Å²) in [5.74, 6) is 0. The van der Waals surface area contributed by atoms with E-state index in [0.717, 1.165) is 12.7 Å². The molecule has 12 heavy (non-hydrogen) atoms. The molecule has 0 aromatic rings. The Labute approximate surface area is 76.1 Å². The summed E-state index contributed by atoms with van der Waals surface area (Å²) in [6, 6.07) is 1.05. The van der Waals surface area contributed by atoms with Crippen LogP contribution in [0.1, 0.15) is 0 Å². The summed E-state index contributed by atoms with van der Waals surface area (Å²) in [4.78, 5) is 0. The predicted molar refractivity (Wildman–Crippen MR) is 52.0 cm³/mol. The zero-order valence-electron chi connectivity index (χ0n) is 8.55. The number of hydrogen-bond donors (Lipinski definition) is 0. The lowest BCUT2D eigenvalue weighted by molar-refractivity contribution is 0.0762. The number of hydrogen-bond acceptors (Lipinski definition) is 3. The Bertz CT molecular complexity index is 106. The first-order valence-electron chi connectivity index (χ1n) is 4.24. The molecule has 0 heterocycles. The fourth-order valence-corrected chi connectivity index (χ4v) is 1.50. The van der Waals surface area contributed by atoms with E-state index in [1.807, 2.05) is 0 Å². The third-order valence-corrected chi connectivity index (χ3v) is 4.35. The topological polar surface area (TPSA) is 27.7 Å². The lowest BCUT2D eigenvalue weighted by Gasteiger charge is -2.19. The van der Waals surface area contributed by atoms with Crippen LogP contribution in [0.5, 0.6) is 0 Å². The van der Waals surface area contributed by atoms with Crippen LogP contribution < -0.4 is 0 Å². The van der Waals surface area contributed by atoms with Gasteiger partial charge in [-0.2, -0.15) is 0 Å². The first-order chi connectivity index (χ1) is 5.62. The van der Waals surface area contributed by atoms with Crippen LogP contribution in [0.2, 0.25) is 19.1 Å². The van der Waals surface area contributed by atoms with Crippen molar-refractivity contribution >= 4 is 8.32 Å². The van der Waals surface area contributed by atoms with E-state index in [0.29, 0.717) is 13.2 Å². The van der Waals surface area contributed by atoms with E-state index in [1.54, 1.807) is 14.2 Å². The van der Waals surface area contributed by atoms with Gasteiger partial charge in [-0.05, 0) is 19.1 Å². The maximum absolute atomic E-state index is 5.37. The average Bonchev–Trinajstić information content (AvgIpc) is 2.04. The zero-order chi connectivity index (χ0) is 9.45. The molecule has 0 aliphatic heterocycles. The van der Waals surface area contributed by atoms with Crippen molar-refractivity contribution in [2.75, 3.05) is 34.0 Å². The summed E-state index contributed by atoms with van der Waals surface area (Å²) >= 11 is 0. The van der Waals surface area contributed by atoms with Crippen LogP contribution in [0.15, 0.2) is 0 Å². The number of ether oxygens (including phenoxy) is 2. The first kappa shape index (κ1) is 12.1. The Hall–Kier alpha value is 0.0969. The highest BCUT2D eigenvalue weighted by Crippen LogP contribution is 2.08. The molecule has 0 aromatic heterocycles. The van der Waals surface area contributed by atoms with E-state index in [4.69, 9.17) is 13.9 Å². The monoisotopic (exact) mass is 192 g/mol. The molecule has 0 aliphatic carbocycles. The van der Waals surface area contributed by atoms with Crippen molar-refractivity contribution in [2.24, 2.45) is 0 Å². The predicted octanol–water partition coefficient (Wildman–Crippen LogP) is 1.50. The molecule has 0 N–H and O–H groups in total. The standard InChI is InChI=1S/C8H20O3Si/c1-9-5-6-11-7-8-12(3,4)10-2/h5-8H2,1-4H3. The minimum absolute atomic E-state index is 0.676. The maximum atomic E-state index is 5.37. The van der Waals surface area contributed by atoms with Crippen LogP contribution in [0.25, 0.3) is 0 Å². The molecule has 0 saturated carbocycles. The van der Waals surface area contributed by atoms with E-state index in [-0.39, 0.29) is 0 Å². The molecule has 0 bridgehead atoms. The molecule has 3 nitrogen and oxygen atoms in total. The second kappa shape index (κ2) is 6.60. The van der Waals surface area contributed by atoms with Gasteiger partial charge in [-0.15, -0.1) is 0 Å². The molecular weight excluding hydrogens is 172 g/mol. The van der Waals surface area contributed by atoms with Crippen molar-refractivity contribution in [1.82, 2.24) is 0 Å². The fraction of sp³-hybridized carbons (Fsp3) is 1.00. The number of rotatable bonds is 7. The Kier molecular flexibility index (Phi) is 6.65. The van der Waals surface area contributed by atoms with Crippen molar-refractivity contribution < 1.29 is 13.9 Å². The Balaban J connectivity index is 3.19. The Morgan fingerprint density at radius 3 is 2.17 bits per heavy atom. The largest absolute Gasteiger partial charge is 0.420 e. The van der Waals surface area contributed by atoms with Gasteiger partial charge in [0, 0.05) is 20.8 Å². The minimum Gasteiger partial charge on any atom is -0.420 e. The average molecular weight is 192 g/mol. The molecule has 0 aliphatic rings. The third kappa shape index (κ3) is 6.79. The second-order valence-electron chi connectivity index (χ2n) is 3.32. The van der Waals surface area contributed by atoms with E-state index in [2.05, 4.69) is 13.1 Å². The van der Waals surface area contributed by atoms with Crippen molar-refractivity contribution in [3.63, 3.8) is 0 Å². The molecular formula is C8H20O3Si. The van der Waals surface area contributed by atoms with Gasteiger partial charge < -0.3 is 13.9 Å². The summed E-state index contributed by atoms with van der Waals surface area (Å²) < 4.78 is 15.6. The van der Waals surface area contributed by atoms with Gasteiger partial charge in [-0.25, -0.2) is 0 Å². The highest BCUT2D eigenvalue weighted by molar-refractivity contribution is 6.71. The van der Waals surface area contributed by atoms with E-state index < -0.39 is 8.32 Å². The van der Waals surface area contributed by atoms with Gasteiger partial charge in [0.1, 0.15) is 0 Å². The lowest BCUT2D eigenvalue weighted by Crippen LogP contribution is -2.30. The molecule has 0 rings (SSSR count). The molecule has 0 spiro atoms. The molecule has 74 valence electrons. The highest BCUT2D eigenvalue weighted by atomic mass is 28.4. The van der Waals surface area contributed by atoms with Gasteiger partial charge in [-0.3, -0.25) is 0 Å². The van der Waals surface area contributed by atoms with E-state index in [9.17, 15) is 0 Å². The van der Waals surface area contributed by atoms with Gasteiger partial charge >= 0.3 is 0 Å². The van der Waals surface area contributed by atoms with Crippen molar-refractivity contribution in [3.8, 4) is 0 Å². The third-order valence-electron chi connectivity index (χ3n) is 1.83. The van der Waals surface area contributed by atoms with Gasteiger partial charge in [0.15, 0.2) is 8.32 Å². The molecule has 0 atom stereocenters. The Morgan fingerprint density at radius 2 is 1.67 bits per heavy atom. The fourth-order valence-electron chi connectivity index (χ4n) is 0.664. The SMILES string of the molecule is COCCOCC[Si](C)(C)OC. The van der Waals surface area contributed by atoms with Crippen LogP contribution in [0.4, 0.5) is 0 Å². The molecule has 0 aromatic carbocycles. The summed E-state index contributed by atoms with van der Waals surface area (Å²) in [5.41, 5.74) is 0. The van der Waals surface area contributed by atoms with Crippen LogP contribution in [-0.2, 0) is 13.9 Å². The van der Waals surface area contributed by atoms with Gasteiger partial charge in [0.2, 0.25) is 0 Å². The van der Waals surface area contributed by atoms with Gasteiger partial charge in [0.05, 0.1) is 13.2 Å². The molecule has 0 saturated heterocycles. The molecule has 0 unspecified atom stereocenters. The summed E-state index contributed by atoms with van der Waals surface area (Å²) in [6.45, 7) is 6.52. The van der Waals surface area contributed by atoms with Crippen LogP contribution in [-0.4, -0.2) is 42.4 Å². The second-order valence-corrected chi connectivity index (χ2v) is 7.75. The smallest absolute Gasteiger partial charge is 0.188 e. The quantitative estimate of drug-likeness (QED) is 0.452. The van der Waals surface area contributed by atoms with Gasteiger partial charge in [0.25, 0.3) is 0 Å².